The molecule has 1 amide bonds. The minimum absolute atomic E-state index is 0.201. The standard InChI is InChI=1S/C13H22AsN3O2/c1-13(2,3)19-12(18)17-6-4-9(5-7-17)10-8-11(14)16-15-10/h8-9H,4-7,14H2,1-3H3,(H,15,16). The van der Waals surface area contributed by atoms with E-state index < -0.39 is 5.60 Å². The quantitative estimate of drug-likeness (QED) is 0.776. The van der Waals surface area contributed by atoms with Crippen LogP contribution in [0.25, 0.3) is 0 Å². The summed E-state index contributed by atoms with van der Waals surface area (Å²) in [7, 11) is 0. The molecule has 6 heteroatoms. The second-order valence-corrected chi connectivity index (χ2v) is 7.29. The van der Waals surface area contributed by atoms with Crippen LogP contribution in [0.5, 0.6) is 0 Å². The molecule has 0 saturated carbocycles. The molecule has 1 atom stereocenters. The number of carbonyl (C=O) groups is 1. The zero-order chi connectivity index (χ0) is 14.0. The first kappa shape index (κ1) is 14.4. The van der Waals surface area contributed by atoms with E-state index in [0.717, 1.165) is 36.1 Å². The molecular formula is C13H22AsN3O2. The predicted molar refractivity (Wildman–Crippen MR) is 76.5 cm³/mol. The van der Waals surface area contributed by atoms with Gasteiger partial charge < -0.3 is 0 Å². The Morgan fingerprint density at radius 3 is 2.58 bits per heavy atom. The molecular weight excluding hydrogens is 305 g/mol. The normalized spacial score (nSPS) is 17.6. The minimum atomic E-state index is -0.421. The topological polar surface area (TPSA) is 58.2 Å². The van der Waals surface area contributed by atoms with E-state index in [9.17, 15) is 4.79 Å². The summed E-state index contributed by atoms with van der Waals surface area (Å²) in [6, 6.07) is 2.12. The van der Waals surface area contributed by atoms with Crippen molar-refractivity contribution in [3.8, 4) is 0 Å². The van der Waals surface area contributed by atoms with Crippen molar-refractivity contribution in [2.75, 3.05) is 13.1 Å². The number of amides is 1. The summed E-state index contributed by atoms with van der Waals surface area (Å²) in [5.74, 6) is 0.458. The Kier molecular flexibility index (Phi) is 4.24. The van der Waals surface area contributed by atoms with Gasteiger partial charge in [-0.1, -0.05) is 0 Å². The van der Waals surface area contributed by atoms with Gasteiger partial charge >= 0.3 is 122 Å². The molecule has 0 spiro atoms. The number of nitrogens with one attached hydrogen (secondary N) is 1. The van der Waals surface area contributed by atoms with E-state index >= 15 is 0 Å². The summed E-state index contributed by atoms with van der Waals surface area (Å²) in [6.45, 7) is 7.18. The number of ether oxygens (including phenoxy) is 1. The Balaban J connectivity index is 1.87. The third kappa shape index (κ3) is 4.00. The summed E-state index contributed by atoms with van der Waals surface area (Å²) in [5.41, 5.74) is 0.707. The number of aromatic nitrogens is 2. The summed E-state index contributed by atoms with van der Waals surface area (Å²) < 4.78 is 6.54. The van der Waals surface area contributed by atoms with Crippen molar-refractivity contribution in [1.29, 1.82) is 0 Å². The Morgan fingerprint density at radius 2 is 2.11 bits per heavy atom. The van der Waals surface area contributed by atoms with E-state index in [4.69, 9.17) is 4.74 Å². The van der Waals surface area contributed by atoms with Crippen LogP contribution in [0, 0.1) is 0 Å². The van der Waals surface area contributed by atoms with Gasteiger partial charge in [0.25, 0.3) is 0 Å². The number of nitrogens with zero attached hydrogens (tertiary/aromatic N) is 2. The van der Waals surface area contributed by atoms with E-state index in [1.165, 1.54) is 0 Å². The van der Waals surface area contributed by atoms with Gasteiger partial charge in [0.1, 0.15) is 0 Å². The molecule has 1 saturated heterocycles. The van der Waals surface area contributed by atoms with E-state index in [0.29, 0.717) is 5.92 Å². The molecule has 1 aromatic rings. The number of hydrogen-bond donors (Lipinski definition) is 1. The summed E-state index contributed by atoms with van der Waals surface area (Å²) >= 11 is 1.55. The van der Waals surface area contributed by atoms with Crippen molar-refractivity contribution >= 4 is 27.4 Å². The first-order chi connectivity index (χ1) is 8.85. The predicted octanol–water partition coefficient (Wildman–Crippen LogP) is 0.783. The third-order valence-electron chi connectivity index (χ3n) is 3.18. The van der Waals surface area contributed by atoms with Crippen LogP contribution in [-0.4, -0.2) is 56.7 Å². The fourth-order valence-electron chi connectivity index (χ4n) is 2.25. The van der Waals surface area contributed by atoms with E-state index in [2.05, 4.69) is 16.3 Å². The maximum atomic E-state index is 11.9. The molecule has 5 nitrogen and oxygen atoms in total. The molecule has 1 aliphatic heterocycles. The van der Waals surface area contributed by atoms with Crippen LogP contribution in [0.2, 0.25) is 0 Å². The third-order valence-corrected chi connectivity index (χ3v) is 3.80. The molecule has 106 valence electrons. The molecule has 1 unspecified atom stereocenters. The van der Waals surface area contributed by atoms with E-state index in [1.54, 1.807) is 21.8 Å². The van der Waals surface area contributed by atoms with E-state index in [1.807, 2.05) is 20.8 Å². The second-order valence-electron chi connectivity index (χ2n) is 5.99. The van der Waals surface area contributed by atoms with Crippen molar-refractivity contribution in [2.45, 2.75) is 45.1 Å². The van der Waals surface area contributed by atoms with Gasteiger partial charge in [-0.25, -0.2) is 0 Å². The number of piperidine rings is 1. The number of rotatable bonds is 1. The number of H-pyrrole nitrogens is 1. The summed E-state index contributed by atoms with van der Waals surface area (Å²) in [6.07, 6.45) is 1.71. The molecule has 19 heavy (non-hydrogen) atoms. The Morgan fingerprint density at radius 1 is 1.47 bits per heavy atom. The van der Waals surface area contributed by atoms with Crippen molar-refractivity contribution in [3.63, 3.8) is 0 Å². The first-order valence-electron chi connectivity index (χ1n) is 6.64. The first-order valence-corrected chi connectivity index (χ1v) is 7.85. The van der Waals surface area contributed by atoms with Gasteiger partial charge in [-0.05, 0) is 0 Å². The molecule has 1 aliphatic rings. The van der Waals surface area contributed by atoms with Crippen molar-refractivity contribution in [1.82, 2.24) is 15.1 Å². The number of hydrogen-bond acceptors (Lipinski definition) is 3. The van der Waals surface area contributed by atoms with Crippen LogP contribution in [0.4, 0.5) is 4.79 Å². The molecule has 1 N–H and O–H groups in total. The molecule has 0 aromatic carbocycles. The molecule has 0 radical (unpaired) electrons. The molecule has 1 fully saturated rings. The second kappa shape index (κ2) is 5.58. The molecule has 0 aliphatic carbocycles. The number of likely N-dealkylation sites (tertiary alicyclic amines) is 1. The van der Waals surface area contributed by atoms with Crippen LogP contribution in [0.15, 0.2) is 6.07 Å². The van der Waals surface area contributed by atoms with Crippen LogP contribution in [-0.2, 0) is 4.74 Å². The average Bonchev–Trinajstić information content (AvgIpc) is 2.74. The average molecular weight is 327 g/mol. The molecule has 2 rings (SSSR count). The fourth-order valence-corrected chi connectivity index (χ4v) is 2.74. The SMILES string of the molecule is CC(C)(C)OC(=O)N1CCC(c2cc([AsH2])[nH]n2)CC1. The molecule has 1 aromatic heterocycles. The van der Waals surface area contributed by atoms with Gasteiger partial charge in [0, 0.05) is 0 Å². The Labute approximate surface area is 122 Å². The van der Waals surface area contributed by atoms with Gasteiger partial charge in [0.2, 0.25) is 0 Å². The number of aromatic amines is 1. The van der Waals surface area contributed by atoms with Gasteiger partial charge in [-0.3, -0.25) is 0 Å². The van der Waals surface area contributed by atoms with Gasteiger partial charge in [-0.2, -0.15) is 0 Å². The van der Waals surface area contributed by atoms with Crippen molar-refractivity contribution < 1.29 is 9.53 Å². The summed E-state index contributed by atoms with van der Waals surface area (Å²) in [4.78, 5) is 13.7. The van der Waals surface area contributed by atoms with Crippen LogP contribution >= 0.6 is 0 Å². The molecule has 0 bridgehead atoms. The van der Waals surface area contributed by atoms with Crippen LogP contribution in [0.1, 0.15) is 45.2 Å². The van der Waals surface area contributed by atoms with Crippen LogP contribution in [0.3, 0.4) is 0 Å². The summed E-state index contributed by atoms with van der Waals surface area (Å²) in [5, 5.41) is 7.33. The Hall–Kier alpha value is -0.962. The van der Waals surface area contributed by atoms with Crippen LogP contribution < -0.4 is 4.48 Å². The van der Waals surface area contributed by atoms with E-state index in [-0.39, 0.29) is 6.09 Å². The van der Waals surface area contributed by atoms with Crippen molar-refractivity contribution in [3.05, 3.63) is 11.8 Å². The zero-order valence-electron chi connectivity index (χ0n) is 11.8. The van der Waals surface area contributed by atoms with Crippen molar-refractivity contribution in [2.24, 2.45) is 0 Å². The maximum absolute atomic E-state index is 11.9. The van der Waals surface area contributed by atoms with Gasteiger partial charge in [0.15, 0.2) is 0 Å². The van der Waals surface area contributed by atoms with Gasteiger partial charge in [-0.15, -0.1) is 0 Å². The zero-order valence-corrected chi connectivity index (χ0v) is 14.2. The number of carbonyl (C=O) groups excluding carboxylic acids is 1. The fraction of sp³-hybridized carbons (Fsp3) is 0.692. The van der Waals surface area contributed by atoms with Gasteiger partial charge in [0.05, 0.1) is 0 Å². The molecule has 2 heterocycles. The monoisotopic (exact) mass is 327 g/mol. The Bertz CT molecular complexity index is 445.